The number of carboxylic acids is 1. The average Bonchev–Trinajstić information content (AvgIpc) is 2.68. The Labute approximate surface area is 96.7 Å². The maximum absolute atomic E-state index is 11.4. The lowest BCUT2D eigenvalue weighted by atomic mass is 9.78. The summed E-state index contributed by atoms with van der Waals surface area (Å²) in [5.74, 6) is -0.751. The molecule has 0 spiro atoms. The Morgan fingerprint density at radius 3 is 2.40 bits per heavy atom. The van der Waals surface area contributed by atoms with Gasteiger partial charge in [-0.3, -0.25) is 4.79 Å². The predicted molar refractivity (Wildman–Crippen MR) is 61.8 cm³/mol. The van der Waals surface area contributed by atoms with Crippen molar-refractivity contribution in [1.82, 2.24) is 0 Å². The van der Waals surface area contributed by atoms with E-state index in [-0.39, 0.29) is 0 Å². The number of benzene rings is 1. The molecule has 0 amide bonds. The molecule has 0 unspecified atom stereocenters. The Balaban J connectivity index is 2.51. The van der Waals surface area contributed by atoms with Crippen molar-refractivity contribution in [3.05, 3.63) is 46.5 Å². The highest BCUT2D eigenvalue weighted by Gasteiger charge is 2.41. The van der Waals surface area contributed by atoms with Crippen molar-refractivity contribution in [1.29, 1.82) is 0 Å². The van der Waals surface area contributed by atoms with E-state index in [0.717, 1.165) is 10.0 Å². The lowest BCUT2D eigenvalue weighted by Gasteiger charge is -2.25. The van der Waals surface area contributed by atoms with Gasteiger partial charge in [0.25, 0.3) is 0 Å². The van der Waals surface area contributed by atoms with Crippen molar-refractivity contribution in [3.63, 3.8) is 0 Å². The zero-order valence-corrected chi connectivity index (χ0v) is 9.70. The highest BCUT2D eigenvalue weighted by molar-refractivity contribution is 9.10. The zero-order valence-electron chi connectivity index (χ0n) is 8.11. The summed E-state index contributed by atoms with van der Waals surface area (Å²) in [6, 6.07) is 7.54. The van der Waals surface area contributed by atoms with Gasteiger partial charge in [0.1, 0.15) is 5.41 Å². The third-order valence-corrected chi connectivity index (χ3v) is 3.59. The monoisotopic (exact) mass is 266 g/mol. The predicted octanol–water partition coefficient (Wildman–Crippen LogP) is 3.12. The molecule has 0 saturated carbocycles. The summed E-state index contributed by atoms with van der Waals surface area (Å²) in [6.07, 6.45) is 5.02. The Bertz CT molecular complexity index is 415. The van der Waals surface area contributed by atoms with Crippen LogP contribution in [0, 0.1) is 0 Å². The van der Waals surface area contributed by atoms with Gasteiger partial charge in [-0.15, -0.1) is 0 Å². The van der Waals surface area contributed by atoms with E-state index in [9.17, 15) is 9.90 Å². The SMILES string of the molecule is O=C(O)C1(c2ccccc2Br)CC=CC1. The Kier molecular flexibility index (Phi) is 2.65. The van der Waals surface area contributed by atoms with Crippen LogP contribution >= 0.6 is 15.9 Å². The highest BCUT2D eigenvalue weighted by Crippen LogP contribution is 2.40. The second-order valence-electron chi connectivity index (χ2n) is 3.75. The first-order chi connectivity index (χ1) is 7.17. The highest BCUT2D eigenvalue weighted by atomic mass is 79.9. The molecule has 0 atom stereocenters. The van der Waals surface area contributed by atoms with Crippen LogP contribution in [-0.2, 0) is 10.2 Å². The quantitative estimate of drug-likeness (QED) is 0.836. The van der Waals surface area contributed by atoms with Crippen LogP contribution in [0.4, 0.5) is 0 Å². The smallest absolute Gasteiger partial charge is 0.314 e. The molecular formula is C12H11BrO2. The number of hydrogen-bond acceptors (Lipinski definition) is 1. The van der Waals surface area contributed by atoms with Crippen molar-refractivity contribution >= 4 is 21.9 Å². The molecule has 0 saturated heterocycles. The molecule has 1 aliphatic rings. The van der Waals surface area contributed by atoms with E-state index in [0.29, 0.717) is 12.8 Å². The topological polar surface area (TPSA) is 37.3 Å². The standard InChI is InChI=1S/C12H11BrO2/c13-10-6-2-1-5-9(10)12(11(14)15)7-3-4-8-12/h1-6H,7-8H2,(H,14,15). The number of carboxylic acid groups (broad SMARTS) is 1. The summed E-state index contributed by atoms with van der Waals surface area (Å²) in [4.78, 5) is 11.4. The molecule has 1 aliphatic carbocycles. The van der Waals surface area contributed by atoms with Gasteiger partial charge in [0.15, 0.2) is 0 Å². The average molecular weight is 267 g/mol. The first-order valence-electron chi connectivity index (χ1n) is 4.80. The van der Waals surface area contributed by atoms with E-state index in [1.165, 1.54) is 0 Å². The Morgan fingerprint density at radius 2 is 1.87 bits per heavy atom. The molecule has 0 heterocycles. The molecular weight excluding hydrogens is 256 g/mol. The van der Waals surface area contributed by atoms with Crippen molar-refractivity contribution in [2.45, 2.75) is 18.3 Å². The second-order valence-corrected chi connectivity index (χ2v) is 4.60. The summed E-state index contributed by atoms with van der Waals surface area (Å²) in [6.45, 7) is 0. The normalized spacial score (nSPS) is 17.9. The van der Waals surface area contributed by atoms with E-state index in [2.05, 4.69) is 15.9 Å². The molecule has 0 aromatic heterocycles. The number of hydrogen-bond donors (Lipinski definition) is 1. The minimum absolute atomic E-state index is 0.574. The van der Waals surface area contributed by atoms with Crippen molar-refractivity contribution in [2.24, 2.45) is 0 Å². The maximum atomic E-state index is 11.4. The molecule has 0 radical (unpaired) electrons. The molecule has 2 rings (SSSR count). The van der Waals surface area contributed by atoms with Crippen molar-refractivity contribution in [3.8, 4) is 0 Å². The Hall–Kier alpha value is -1.09. The fourth-order valence-corrected chi connectivity index (χ4v) is 2.68. The second kappa shape index (κ2) is 3.81. The van der Waals surface area contributed by atoms with E-state index in [4.69, 9.17) is 0 Å². The van der Waals surface area contributed by atoms with Crippen LogP contribution in [-0.4, -0.2) is 11.1 Å². The lowest BCUT2D eigenvalue weighted by molar-refractivity contribution is -0.143. The number of aliphatic carboxylic acids is 1. The number of carbonyl (C=O) groups is 1. The van der Waals surface area contributed by atoms with E-state index >= 15 is 0 Å². The van der Waals surface area contributed by atoms with Gasteiger partial charge in [-0.1, -0.05) is 46.3 Å². The number of rotatable bonds is 2. The summed E-state index contributed by atoms with van der Waals surface area (Å²) >= 11 is 3.42. The van der Waals surface area contributed by atoms with Crippen LogP contribution in [0.5, 0.6) is 0 Å². The van der Waals surface area contributed by atoms with Gasteiger partial charge in [0.2, 0.25) is 0 Å². The number of halogens is 1. The fourth-order valence-electron chi connectivity index (χ4n) is 2.01. The molecule has 1 N–H and O–H groups in total. The summed E-state index contributed by atoms with van der Waals surface area (Å²) in [5.41, 5.74) is 0.0996. The van der Waals surface area contributed by atoms with Crippen LogP contribution in [0.25, 0.3) is 0 Å². The largest absolute Gasteiger partial charge is 0.481 e. The minimum atomic E-state index is -0.764. The molecule has 3 heteroatoms. The van der Waals surface area contributed by atoms with E-state index in [1.54, 1.807) is 0 Å². The summed E-state index contributed by atoms with van der Waals surface area (Å²) in [5, 5.41) is 9.38. The first kappa shape index (κ1) is 10.4. The van der Waals surface area contributed by atoms with Crippen molar-refractivity contribution in [2.75, 3.05) is 0 Å². The van der Waals surface area contributed by atoms with Gasteiger partial charge in [-0.2, -0.15) is 0 Å². The third-order valence-electron chi connectivity index (χ3n) is 2.90. The minimum Gasteiger partial charge on any atom is -0.481 e. The molecule has 0 fully saturated rings. The maximum Gasteiger partial charge on any atom is 0.314 e. The molecule has 1 aromatic carbocycles. The fraction of sp³-hybridized carbons (Fsp3) is 0.250. The van der Waals surface area contributed by atoms with Crippen LogP contribution < -0.4 is 0 Å². The van der Waals surface area contributed by atoms with Gasteiger partial charge in [-0.05, 0) is 24.5 Å². The van der Waals surface area contributed by atoms with E-state index < -0.39 is 11.4 Å². The van der Waals surface area contributed by atoms with Crippen LogP contribution in [0.1, 0.15) is 18.4 Å². The lowest BCUT2D eigenvalue weighted by Crippen LogP contribution is -2.33. The molecule has 0 aliphatic heterocycles. The van der Waals surface area contributed by atoms with E-state index in [1.807, 2.05) is 36.4 Å². The summed E-state index contributed by atoms with van der Waals surface area (Å²) < 4.78 is 0.871. The number of allylic oxidation sites excluding steroid dienone is 2. The molecule has 2 nitrogen and oxygen atoms in total. The van der Waals surface area contributed by atoms with Gasteiger partial charge >= 0.3 is 5.97 Å². The van der Waals surface area contributed by atoms with Crippen LogP contribution in [0.2, 0.25) is 0 Å². The van der Waals surface area contributed by atoms with Gasteiger partial charge in [-0.25, -0.2) is 0 Å². The molecule has 78 valence electrons. The van der Waals surface area contributed by atoms with Crippen LogP contribution in [0.15, 0.2) is 40.9 Å². The van der Waals surface area contributed by atoms with Crippen molar-refractivity contribution < 1.29 is 9.90 Å². The first-order valence-corrected chi connectivity index (χ1v) is 5.59. The molecule has 15 heavy (non-hydrogen) atoms. The Morgan fingerprint density at radius 1 is 1.27 bits per heavy atom. The molecule has 1 aromatic rings. The van der Waals surface area contributed by atoms with Gasteiger partial charge < -0.3 is 5.11 Å². The van der Waals surface area contributed by atoms with Crippen LogP contribution in [0.3, 0.4) is 0 Å². The summed E-state index contributed by atoms with van der Waals surface area (Å²) in [7, 11) is 0. The van der Waals surface area contributed by atoms with Gasteiger partial charge in [0, 0.05) is 4.47 Å². The van der Waals surface area contributed by atoms with Gasteiger partial charge in [0.05, 0.1) is 0 Å². The zero-order chi connectivity index (χ0) is 10.9. The third kappa shape index (κ3) is 1.61. The molecule has 0 bridgehead atoms.